The van der Waals surface area contributed by atoms with Crippen LogP contribution in [0, 0.1) is 5.82 Å². The summed E-state index contributed by atoms with van der Waals surface area (Å²) in [5, 5.41) is 0.671. The second-order valence-corrected chi connectivity index (χ2v) is 9.52. The molecule has 1 aliphatic heterocycles. The van der Waals surface area contributed by atoms with Crippen LogP contribution in [0.1, 0.15) is 16.7 Å². The number of nitrogens with zero attached hydrogens (tertiary/aromatic N) is 1. The van der Waals surface area contributed by atoms with E-state index in [1.54, 1.807) is 0 Å². The Labute approximate surface area is 186 Å². The van der Waals surface area contributed by atoms with Crippen molar-refractivity contribution in [1.29, 1.82) is 0 Å². The fourth-order valence-electron chi connectivity index (χ4n) is 3.38. The molecule has 0 atom stereocenters. The van der Waals surface area contributed by atoms with Gasteiger partial charge in [0.15, 0.2) is 0 Å². The molecule has 0 aliphatic carbocycles. The lowest BCUT2D eigenvalue weighted by Gasteiger charge is -2.20. The third-order valence-electron chi connectivity index (χ3n) is 4.98. The molecule has 0 unspecified atom stereocenters. The number of rotatable bonds is 6. The summed E-state index contributed by atoms with van der Waals surface area (Å²) >= 11 is 5.89. The summed E-state index contributed by atoms with van der Waals surface area (Å²) in [5.74, 6) is -0.148. The van der Waals surface area contributed by atoms with E-state index >= 15 is 0 Å². The molecule has 31 heavy (non-hydrogen) atoms. The predicted octanol–water partition coefficient (Wildman–Crippen LogP) is 4.78. The van der Waals surface area contributed by atoms with Crippen molar-refractivity contribution < 1.29 is 22.3 Å². The van der Waals surface area contributed by atoms with E-state index in [2.05, 4.69) is 0 Å². The number of hydrogen-bond acceptors (Lipinski definition) is 4. The molecule has 0 aromatic heterocycles. The van der Waals surface area contributed by atoms with Crippen LogP contribution >= 0.6 is 11.6 Å². The zero-order valence-corrected chi connectivity index (χ0v) is 18.2. The second-order valence-electron chi connectivity index (χ2n) is 7.18. The average molecular weight is 462 g/mol. The fraction of sp³-hybridized carbons (Fsp3) is 0.217. The highest BCUT2D eigenvalue weighted by molar-refractivity contribution is 7.89. The van der Waals surface area contributed by atoms with Crippen molar-refractivity contribution in [3.8, 4) is 5.75 Å². The minimum atomic E-state index is -3.99. The molecule has 1 heterocycles. The molecular formula is C23H21ClFNO4S. The highest BCUT2D eigenvalue weighted by Gasteiger charge is 2.29. The molecule has 8 heteroatoms. The van der Waals surface area contributed by atoms with Crippen LogP contribution in [0.2, 0.25) is 5.02 Å². The quantitative estimate of drug-likeness (QED) is 0.530. The smallest absolute Gasteiger partial charge is 0.246 e. The number of halogens is 2. The van der Waals surface area contributed by atoms with E-state index in [0.717, 1.165) is 17.2 Å². The summed E-state index contributed by atoms with van der Waals surface area (Å²) < 4.78 is 52.9. The molecule has 0 spiro atoms. The zero-order chi connectivity index (χ0) is 21.8. The first kappa shape index (κ1) is 21.8. The molecule has 0 bridgehead atoms. The lowest BCUT2D eigenvalue weighted by atomic mass is 10.1. The Morgan fingerprint density at radius 3 is 2.48 bits per heavy atom. The molecule has 3 aromatic rings. The van der Waals surface area contributed by atoms with Crippen LogP contribution in [0.15, 0.2) is 71.6 Å². The summed E-state index contributed by atoms with van der Waals surface area (Å²) in [6.07, 6.45) is 0. The monoisotopic (exact) mass is 461 g/mol. The summed E-state index contributed by atoms with van der Waals surface area (Å²) in [4.78, 5) is -0.332. The first-order valence-electron chi connectivity index (χ1n) is 9.75. The van der Waals surface area contributed by atoms with Crippen molar-refractivity contribution in [3.63, 3.8) is 0 Å². The Morgan fingerprint density at radius 1 is 1.00 bits per heavy atom. The van der Waals surface area contributed by atoms with Gasteiger partial charge in [-0.2, -0.15) is 4.31 Å². The van der Waals surface area contributed by atoms with Crippen LogP contribution < -0.4 is 4.74 Å². The summed E-state index contributed by atoms with van der Waals surface area (Å²) in [6.45, 7) is 1.20. The molecule has 0 saturated carbocycles. The Balaban J connectivity index is 1.49. The SMILES string of the molecule is O=S(=O)(c1ccccc1F)N1CCOc2ccc(COCc3ccc(Cl)cc3)cc2C1. The van der Waals surface area contributed by atoms with Crippen molar-refractivity contribution in [2.24, 2.45) is 0 Å². The Kier molecular flexibility index (Phi) is 6.57. The van der Waals surface area contributed by atoms with E-state index < -0.39 is 15.8 Å². The van der Waals surface area contributed by atoms with Gasteiger partial charge in [-0.05, 0) is 47.5 Å². The van der Waals surface area contributed by atoms with Gasteiger partial charge in [0.25, 0.3) is 0 Å². The Morgan fingerprint density at radius 2 is 1.71 bits per heavy atom. The maximum absolute atomic E-state index is 14.1. The Bertz CT molecular complexity index is 1170. The first-order valence-corrected chi connectivity index (χ1v) is 11.6. The van der Waals surface area contributed by atoms with E-state index in [9.17, 15) is 12.8 Å². The molecule has 0 radical (unpaired) electrons. The highest BCUT2D eigenvalue weighted by atomic mass is 35.5. The van der Waals surface area contributed by atoms with Crippen LogP contribution in [0.5, 0.6) is 5.75 Å². The van der Waals surface area contributed by atoms with Crippen molar-refractivity contribution in [3.05, 3.63) is 94.3 Å². The van der Waals surface area contributed by atoms with Gasteiger partial charge in [-0.3, -0.25) is 0 Å². The van der Waals surface area contributed by atoms with Crippen molar-refractivity contribution in [2.45, 2.75) is 24.7 Å². The predicted molar refractivity (Wildman–Crippen MR) is 116 cm³/mol. The third kappa shape index (κ3) is 5.07. The van der Waals surface area contributed by atoms with Crippen LogP contribution in [0.3, 0.4) is 0 Å². The molecule has 0 N–H and O–H groups in total. The molecular weight excluding hydrogens is 441 g/mol. The van der Waals surface area contributed by atoms with Crippen LogP contribution in [0.25, 0.3) is 0 Å². The van der Waals surface area contributed by atoms with Crippen molar-refractivity contribution >= 4 is 21.6 Å². The van der Waals surface area contributed by atoms with Gasteiger partial charge in [-0.15, -0.1) is 0 Å². The molecule has 0 amide bonds. The van der Waals surface area contributed by atoms with Crippen molar-refractivity contribution in [1.82, 2.24) is 4.31 Å². The van der Waals surface area contributed by atoms with Gasteiger partial charge in [-0.1, -0.05) is 41.9 Å². The van der Waals surface area contributed by atoms with Gasteiger partial charge in [0.05, 0.1) is 13.2 Å². The molecule has 1 aliphatic rings. The van der Waals surface area contributed by atoms with E-state index in [0.29, 0.717) is 29.5 Å². The minimum absolute atomic E-state index is 0.0943. The van der Waals surface area contributed by atoms with E-state index in [4.69, 9.17) is 21.1 Å². The molecule has 4 rings (SSSR count). The van der Waals surface area contributed by atoms with E-state index in [-0.39, 0.29) is 24.6 Å². The van der Waals surface area contributed by atoms with Gasteiger partial charge in [0.1, 0.15) is 23.1 Å². The number of ether oxygens (including phenoxy) is 2. The number of benzene rings is 3. The minimum Gasteiger partial charge on any atom is -0.492 e. The molecule has 0 fully saturated rings. The standard InChI is InChI=1S/C23H21ClFNO4S/c24-20-8-5-17(6-9-20)15-29-16-18-7-10-22-19(13-18)14-26(11-12-30-22)31(27,28)23-4-2-1-3-21(23)25/h1-10,13H,11-12,14-16H2. The first-order chi connectivity index (χ1) is 14.9. The topological polar surface area (TPSA) is 55.8 Å². The lowest BCUT2D eigenvalue weighted by molar-refractivity contribution is 0.107. The normalized spacial score (nSPS) is 14.5. The maximum Gasteiger partial charge on any atom is 0.246 e. The van der Waals surface area contributed by atoms with Gasteiger partial charge in [-0.25, -0.2) is 12.8 Å². The second kappa shape index (κ2) is 9.36. The number of sulfonamides is 1. The maximum atomic E-state index is 14.1. The van der Waals surface area contributed by atoms with Crippen molar-refractivity contribution in [2.75, 3.05) is 13.2 Å². The number of hydrogen-bond donors (Lipinski definition) is 0. The number of fused-ring (bicyclic) bond motifs is 1. The summed E-state index contributed by atoms with van der Waals surface area (Å²) in [5.41, 5.74) is 2.61. The molecule has 5 nitrogen and oxygen atoms in total. The van der Waals surface area contributed by atoms with Gasteiger partial charge in [0, 0.05) is 23.7 Å². The largest absolute Gasteiger partial charge is 0.492 e. The lowest BCUT2D eigenvalue weighted by Crippen LogP contribution is -2.33. The average Bonchev–Trinajstić information content (AvgIpc) is 2.98. The third-order valence-corrected chi connectivity index (χ3v) is 7.11. The van der Waals surface area contributed by atoms with Gasteiger partial charge >= 0.3 is 0 Å². The van der Waals surface area contributed by atoms with E-state index in [1.165, 1.54) is 22.5 Å². The van der Waals surface area contributed by atoms with E-state index in [1.807, 2.05) is 42.5 Å². The van der Waals surface area contributed by atoms with Crippen LogP contribution in [-0.2, 0) is 34.5 Å². The Hall–Kier alpha value is -2.45. The molecule has 0 saturated heterocycles. The van der Waals surface area contributed by atoms with Crippen LogP contribution in [0.4, 0.5) is 4.39 Å². The van der Waals surface area contributed by atoms with Gasteiger partial charge < -0.3 is 9.47 Å². The van der Waals surface area contributed by atoms with Gasteiger partial charge in [0.2, 0.25) is 10.0 Å². The molecule has 3 aromatic carbocycles. The summed E-state index contributed by atoms with van der Waals surface area (Å²) in [6, 6.07) is 18.4. The zero-order valence-electron chi connectivity index (χ0n) is 16.6. The summed E-state index contributed by atoms with van der Waals surface area (Å²) in [7, 11) is -3.99. The fourth-order valence-corrected chi connectivity index (χ4v) is 4.97. The van der Waals surface area contributed by atoms with Crippen LogP contribution in [-0.4, -0.2) is 25.9 Å². The highest BCUT2D eigenvalue weighted by Crippen LogP contribution is 2.28. The molecule has 162 valence electrons.